The summed E-state index contributed by atoms with van der Waals surface area (Å²) in [6.45, 7) is 11.1. The highest BCUT2D eigenvalue weighted by Gasteiger charge is 2.61. The van der Waals surface area contributed by atoms with E-state index in [2.05, 4.69) is 15.4 Å². The molecule has 0 unspecified atom stereocenters. The fourth-order valence-electron chi connectivity index (χ4n) is 7.19. The molecule has 4 aliphatic rings. The summed E-state index contributed by atoms with van der Waals surface area (Å²) in [6, 6.07) is 14.8. The monoisotopic (exact) mass is 775 g/mol. The Bertz CT molecular complexity index is 2150. The van der Waals surface area contributed by atoms with Crippen molar-refractivity contribution in [3.05, 3.63) is 54.6 Å². The largest absolute Gasteiger partial charge is 0.493 e. The topological polar surface area (TPSA) is 182 Å². The lowest BCUT2D eigenvalue weighted by Crippen LogP contribution is -2.60. The average Bonchev–Trinajstić information content (AvgIpc) is 4.05. The Kier molecular flexibility index (Phi) is 9.75. The number of alkyl carbamates (subject to hydrolysis) is 1. The van der Waals surface area contributed by atoms with E-state index in [1.54, 1.807) is 27.7 Å². The molecule has 2 saturated carbocycles. The number of para-hydroxylation sites is 1. The van der Waals surface area contributed by atoms with Gasteiger partial charge in [-0.25, -0.2) is 18.2 Å². The van der Waals surface area contributed by atoms with Gasteiger partial charge in [0.15, 0.2) is 0 Å². The second-order valence-electron chi connectivity index (χ2n) is 17.3. The van der Waals surface area contributed by atoms with Gasteiger partial charge in [0.05, 0.1) is 23.9 Å². The van der Waals surface area contributed by atoms with Crippen molar-refractivity contribution in [3.63, 3.8) is 0 Å². The number of amides is 4. The highest BCUT2D eigenvalue weighted by molar-refractivity contribution is 7.91. The molecular formula is C40H49N5O9S. The Morgan fingerprint density at radius 2 is 1.71 bits per heavy atom. The highest BCUT2D eigenvalue weighted by Crippen LogP contribution is 2.44. The second kappa shape index (κ2) is 14.0. The molecule has 3 heterocycles. The standard InChI is InChI=1S/C40H49N5O9S/c1-23-19-40(23,36(48)44-55(50,51)28-14-15-28)43-33(46)31-18-27-20-45(31)35(47)32(38(2,3)4)42-37(49)53-22-39(5,6)21-52-26-12-9-11-24(16-26)29-17-25-10-7-8-13-30(25)41-34(29)54-27/h7-13,16-17,23,27-28,31-32H,14-15,18-22H2,1-6H3,(H,42,49)(H,43,46)(H,44,48)/t23-,27-,31+,32-,40-/m1/s1. The van der Waals surface area contributed by atoms with Crippen molar-refractivity contribution < 1.29 is 41.8 Å². The fraction of sp³-hybridized carbons (Fsp3) is 0.525. The summed E-state index contributed by atoms with van der Waals surface area (Å²) in [7, 11) is -3.87. The SMILES string of the molecule is C[C@@H]1C[C@]1(NC(=O)[C@@H]1C[C@@H]2CN1C(=O)[C@H](C(C)(C)C)NC(=O)OCC(C)(C)COc1cccc(c1)-c1cc3ccccc3nc1O2)C(=O)NS(=O)(=O)C1CC1. The van der Waals surface area contributed by atoms with E-state index in [9.17, 15) is 27.6 Å². The van der Waals surface area contributed by atoms with Crippen molar-refractivity contribution >= 4 is 44.7 Å². The lowest BCUT2D eigenvalue weighted by atomic mass is 9.85. The fourth-order valence-corrected chi connectivity index (χ4v) is 8.56. The summed E-state index contributed by atoms with van der Waals surface area (Å²) in [5.41, 5.74) is -0.760. The maximum atomic E-state index is 14.6. The second-order valence-corrected chi connectivity index (χ2v) is 19.2. The van der Waals surface area contributed by atoms with Crippen LogP contribution in [-0.2, 0) is 29.1 Å². The number of cyclic esters (lactones) is 1. The Morgan fingerprint density at radius 3 is 2.40 bits per heavy atom. The third-order valence-electron chi connectivity index (χ3n) is 10.8. The molecule has 1 saturated heterocycles. The number of benzene rings is 2. The van der Waals surface area contributed by atoms with Crippen LogP contribution < -0.4 is 24.8 Å². The van der Waals surface area contributed by atoms with Gasteiger partial charge >= 0.3 is 6.09 Å². The van der Waals surface area contributed by atoms with Crippen molar-refractivity contribution in [1.82, 2.24) is 25.2 Å². The molecule has 7 rings (SSSR count). The number of hydrogen-bond donors (Lipinski definition) is 3. The van der Waals surface area contributed by atoms with Gasteiger partial charge < -0.3 is 29.7 Å². The van der Waals surface area contributed by atoms with E-state index in [-0.39, 0.29) is 38.5 Å². The molecule has 4 amide bonds. The molecule has 294 valence electrons. The molecule has 3 fully saturated rings. The Balaban J connectivity index is 1.26. The Labute approximate surface area is 321 Å². The normalized spacial score (nSPS) is 26.9. The van der Waals surface area contributed by atoms with E-state index in [0.717, 1.165) is 10.9 Å². The van der Waals surface area contributed by atoms with Crippen LogP contribution in [0.4, 0.5) is 4.79 Å². The van der Waals surface area contributed by atoms with Gasteiger partial charge in [-0.2, -0.15) is 0 Å². The molecule has 3 aromatic rings. The van der Waals surface area contributed by atoms with Gasteiger partial charge in [0.25, 0.3) is 5.91 Å². The molecular weight excluding hydrogens is 727 g/mol. The van der Waals surface area contributed by atoms with E-state index < -0.39 is 73.6 Å². The third-order valence-corrected chi connectivity index (χ3v) is 12.6. The van der Waals surface area contributed by atoms with Gasteiger partial charge in [-0.15, -0.1) is 0 Å². The number of rotatable bonds is 5. The lowest BCUT2D eigenvalue weighted by Gasteiger charge is -2.35. The first kappa shape index (κ1) is 38.4. The summed E-state index contributed by atoms with van der Waals surface area (Å²) >= 11 is 0. The number of carbonyl (C=O) groups excluding carboxylic acids is 4. The predicted octanol–water partition coefficient (Wildman–Crippen LogP) is 4.31. The summed E-state index contributed by atoms with van der Waals surface area (Å²) in [6.07, 6.45) is -0.348. The van der Waals surface area contributed by atoms with Crippen LogP contribution in [0.1, 0.15) is 67.2 Å². The minimum atomic E-state index is -3.87. The van der Waals surface area contributed by atoms with Gasteiger partial charge in [0, 0.05) is 22.8 Å². The van der Waals surface area contributed by atoms with Crippen LogP contribution in [0, 0.1) is 16.7 Å². The maximum Gasteiger partial charge on any atom is 0.407 e. The van der Waals surface area contributed by atoms with Crippen LogP contribution in [0.5, 0.6) is 11.6 Å². The van der Waals surface area contributed by atoms with Crippen LogP contribution in [0.2, 0.25) is 0 Å². The highest BCUT2D eigenvalue weighted by atomic mass is 32.2. The molecule has 2 aromatic carbocycles. The molecule has 2 aliphatic heterocycles. The minimum Gasteiger partial charge on any atom is -0.493 e. The molecule has 0 radical (unpaired) electrons. The van der Waals surface area contributed by atoms with Crippen molar-refractivity contribution in [2.24, 2.45) is 16.7 Å². The average molecular weight is 776 g/mol. The molecule has 1 aromatic heterocycles. The molecule has 0 spiro atoms. The van der Waals surface area contributed by atoms with Crippen LogP contribution in [0.15, 0.2) is 54.6 Å². The quantitative estimate of drug-likeness (QED) is 0.338. The smallest absolute Gasteiger partial charge is 0.407 e. The zero-order chi connectivity index (χ0) is 39.5. The lowest BCUT2D eigenvalue weighted by molar-refractivity contribution is -0.143. The number of nitrogens with one attached hydrogen (secondary N) is 3. The predicted molar refractivity (Wildman–Crippen MR) is 203 cm³/mol. The molecule has 4 bridgehead atoms. The van der Waals surface area contributed by atoms with Gasteiger partial charge in [0.2, 0.25) is 27.7 Å². The number of pyridine rings is 1. The van der Waals surface area contributed by atoms with Gasteiger partial charge in [-0.05, 0) is 60.4 Å². The number of sulfonamides is 1. The summed E-state index contributed by atoms with van der Waals surface area (Å²) in [5.74, 6) is -1.44. The minimum absolute atomic E-state index is 0.00816. The summed E-state index contributed by atoms with van der Waals surface area (Å²) in [5, 5.41) is 5.84. The number of aromatic nitrogens is 1. The number of ether oxygens (including phenoxy) is 3. The van der Waals surface area contributed by atoms with E-state index in [0.29, 0.717) is 35.6 Å². The van der Waals surface area contributed by atoms with E-state index in [1.807, 2.05) is 68.4 Å². The summed E-state index contributed by atoms with van der Waals surface area (Å²) < 4.78 is 46.1. The Morgan fingerprint density at radius 1 is 1.00 bits per heavy atom. The van der Waals surface area contributed by atoms with E-state index in [4.69, 9.17) is 19.2 Å². The zero-order valence-corrected chi connectivity index (χ0v) is 32.8. The summed E-state index contributed by atoms with van der Waals surface area (Å²) in [4.78, 5) is 62.0. The number of carbonyl (C=O) groups is 4. The molecule has 5 atom stereocenters. The Hall–Kier alpha value is -4.92. The van der Waals surface area contributed by atoms with Crippen LogP contribution in [0.25, 0.3) is 22.0 Å². The van der Waals surface area contributed by atoms with Crippen molar-refractivity contribution in [2.45, 2.75) is 96.2 Å². The first-order valence-corrected chi connectivity index (χ1v) is 20.3. The van der Waals surface area contributed by atoms with Crippen LogP contribution in [0.3, 0.4) is 0 Å². The molecule has 15 heteroatoms. The van der Waals surface area contributed by atoms with E-state index >= 15 is 0 Å². The molecule has 3 N–H and O–H groups in total. The van der Waals surface area contributed by atoms with Crippen LogP contribution in [-0.4, -0.2) is 90.9 Å². The van der Waals surface area contributed by atoms with Gasteiger partial charge in [0.1, 0.15) is 36.1 Å². The molecule has 2 aliphatic carbocycles. The van der Waals surface area contributed by atoms with Crippen molar-refractivity contribution in [1.29, 1.82) is 0 Å². The zero-order valence-electron chi connectivity index (χ0n) is 32.0. The van der Waals surface area contributed by atoms with Gasteiger partial charge in [-0.1, -0.05) is 71.9 Å². The first-order valence-electron chi connectivity index (χ1n) is 18.8. The number of fused-ring (bicyclic) bond motifs is 7. The van der Waals surface area contributed by atoms with Crippen molar-refractivity contribution in [2.75, 3.05) is 19.8 Å². The van der Waals surface area contributed by atoms with E-state index in [1.165, 1.54) is 4.90 Å². The van der Waals surface area contributed by atoms with Crippen LogP contribution >= 0.6 is 0 Å². The first-order chi connectivity index (χ1) is 25.8. The number of nitrogens with zero attached hydrogens (tertiary/aromatic N) is 2. The number of hydrogen-bond acceptors (Lipinski definition) is 10. The molecule has 55 heavy (non-hydrogen) atoms. The third kappa shape index (κ3) is 8.07. The molecule has 14 nitrogen and oxygen atoms in total. The maximum absolute atomic E-state index is 14.6. The van der Waals surface area contributed by atoms with Gasteiger partial charge in [-0.3, -0.25) is 19.1 Å². The van der Waals surface area contributed by atoms with Crippen molar-refractivity contribution in [3.8, 4) is 22.8 Å².